The molecule has 0 amide bonds. The van der Waals surface area contributed by atoms with Crippen molar-refractivity contribution in [1.82, 2.24) is 0 Å². The highest BCUT2D eigenvalue weighted by Gasteiger charge is 2.26. The van der Waals surface area contributed by atoms with Crippen molar-refractivity contribution in [2.45, 2.75) is 20.0 Å². The van der Waals surface area contributed by atoms with Crippen LogP contribution < -0.4 is 0 Å². The lowest BCUT2D eigenvalue weighted by atomic mass is 9.87. The molecule has 3 atom stereocenters. The number of rotatable bonds is 4. The van der Waals surface area contributed by atoms with Gasteiger partial charge in [-0.25, -0.2) is 0 Å². The zero-order valence-electron chi connectivity index (χ0n) is 8.92. The predicted molar refractivity (Wildman–Crippen MR) is 57.4 cm³/mol. The average molecular weight is 208 g/mol. The number of hydrogen-bond donors (Lipinski definition) is 2. The molecule has 2 N–H and O–H groups in total. The van der Waals surface area contributed by atoms with Crippen molar-refractivity contribution in [3.8, 4) is 0 Å². The second-order valence-corrected chi connectivity index (χ2v) is 3.84. The van der Waals surface area contributed by atoms with Gasteiger partial charge in [-0.1, -0.05) is 44.2 Å². The summed E-state index contributed by atoms with van der Waals surface area (Å²) in [5.41, 5.74) is 0.762. The van der Waals surface area contributed by atoms with Crippen LogP contribution in [0.3, 0.4) is 0 Å². The van der Waals surface area contributed by atoms with Gasteiger partial charge in [0, 0.05) is 0 Å². The van der Waals surface area contributed by atoms with Gasteiger partial charge in [-0.3, -0.25) is 4.79 Å². The lowest BCUT2D eigenvalue weighted by Gasteiger charge is -2.22. The van der Waals surface area contributed by atoms with Crippen LogP contribution in [0.2, 0.25) is 0 Å². The van der Waals surface area contributed by atoms with Crippen LogP contribution in [0.4, 0.5) is 0 Å². The molecule has 82 valence electrons. The van der Waals surface area contributed by atoms with E-state index >= 15 is 0 Å². The van der Waals surface area contributed by atoms with Crippen LogP contribution >= 0.6 is 0 Å². The van der Waals surface area contributed by atoms with Gasteiger partial charge in [0.25, 0.3) is 0 Å². The van der Waals surface area contributed by atoms with Crippen molar-refractivity contribution >= 4 is 5.97 Å². The highest BCUT2D eigenvalue weighted by molar-refractivity contribution is 5.69. The number of carbonyl (C=O) groups is 1. The Morgan fingerprint density at radius 3 is 2.20 bits per heavy atom. The summed E-state index contributed by atoms with van der Waals surface area (Å²) >= 11 is 0. The first-order valence-electron chi connectivity index (χ1n) is 5.00. The standard InChI is InChI=1S/C12H16O3/c1-8(9(2)12(14)15)11(13)10-6-4-3-5-7-10/h3-9,11,13H,1-2H3,(H,14,15). The molecule has 0 aliphatic heterocycles. The van der Waals surface area contributed by atoms with Crippen LogP contribution in [0.1, 0.15) is 25.5 Å². The number of carboxylic acid groups (broad SMARTS) is 1. The van der Waals surface area contributed by atoms with Gasteiger partial charge in [0.2, 0.25) is 0 Å². The first-order valence-corrected chi connectivity index (χ1v) is 5.00. The van der Waals surface area contributed by atoms with E-state index in [9.17, 15) is 9.90 Å². The number of hydrogen-bond acceptors (Lipinski definition) is 2. The summed E-state index contributed by atoms with van der Waals surface area (Å²) in [4.78, 5) is 10.8. The maximum Gasteiger partial charge on any atom is 0.306 e. The highest BCUT2D eigenvalue weighted by Crippen LogP contribution is 2.27. The molecule has 3 heteroatoms. The number of aliphatic hydroxyl groups excluding tert-OH is 1. The second-order valence-electron chi connectivity index (χ2n) is 3.84. The van der Waals surface area contributed by atoms with E-state index in [0.717, 1.165) is 5.56 Å². The van der Waals surface area contributed by atoms with Crippen molar-refractivity contribution in [2.75, 3.05) is 0 Å². The van der Waals surface area contributed by atoms with Crippen LogP contribution in [0.5, 0.6) is 0 Å². The van der Waals surface area contributed by atoms with E-state index in [4.69, 9.17) is 5.11 Å². The maximum absolute atomic E-state index is 10.8. The maximum atomic E-state index is 10.8. The van der Waals surface area contributed by atoms with Crippen molar-refractivity contribution in [1.29, 1.82) is 0 Å². The van der Waals surface area contributed by atoms with Gasteiger partial charge in [0.15, 0.2) is 0 Å². The zero-order valence-corrected chi connectivity index (χ0v) is 8.92. The molecule has 15 heavy (non-hydrogen) atoms. The van der Waals surface area contributed by atoms with Crippen LogP contribution in [0.25, 0.3) is 0 Å². The Morgan fingerprint density at radius 2 is 1.73 bits per heavy atom. The van der Waals surface area contributed by atoms with Crippen molar-refractivity contribution in [3.05, 3.63) is 35.9 Å². The highest BCUT2D eigenvalue weighted by atomic mass is 16.4. The molecule has 0 radical (unpaired) electrons. The van der Waals surface area contributed by atoms with Gasteiger partial charge in [-0.2, -0.15) is 0 Å². The topological polar surface area (TPSA) is 57.5 Å². The Kier molecular flexibility index (Phi) is 3.86. The van der Waals surface area contributed by atoms with E-state index in [-0.39, 0.29) is 5.92 Å². The quantitative estimate of drug-likeness (QED) is 0.796. The molecule has 0 heterocycles. The summed E-state index contributed by atoms with van der Waals surface area (Å²) in [5, 5.41) is 18.8. The third-order valence-electron chi connectivity index (χ3n) is 2.82. The fourth-order valence-corrected chi connectivity index (χ4v) is 1.45. The van der Waals surface area contributed by atoms with E-state index in [1.807, 2.05) is 18.2 Å². The van der Waals surface area contributed by atoms with Crippen molar-refractivity contribution < 1.29 is 15.0 Å². The van der Waals surface area contributed by atoms with Crippen LogP contribution in [0, 0.1) is 11.8 Å². The molecule has 0 spiro atoms. The summed E-state index contributed by atoms with van der Waals surface area (Å²) < 4.78 is 0. The second kappa shape index (κ2) is 4.94. The molecule has 1 rings (SSSR count). The van der Waals surface area contributed by atoms with Gasteiger partial charge in [-0.05, 0) is 11.5 Å². The lowest BCUT2D eigenvalue weighted by Crippen LogP contribution is -2.23. The minimum atomic E-state index is -0.877. The summed E-state index contributed by atoms with van der Waals surface area (Å²) in [6.45, 7) is 3.36. The Morgan fingerprint density at radius 1 is 1.20 bits per heavy atom. The molecular weight excluding hydrogens is 192 g/mol. The van der Waals surface area contributed by atoms with Gasteiger partial charge in [-0.15, -0.1) is 0 Å². The normalized spacial score (nSPS) is 16.7. The minimum Gasteiger partial charge on any atom is -0.481 e. The molecule has 1 aromatic rings. The summed E-state index contributed by atoms with van der Waals surface area (Å²) in [6, 6.07) is 9.13. The van der Waals surface area contributed by atoms with Crippen LogP contribution in [-0.2, 0) is 4.79 Å². The van der Waals surface area contributed by atoms with Crippen molar-refractivity contribution in [3.63, 3.8) is 0 Å². The lowest BCUT2D eigenvalue weighted by molar-refractivity contribution is -0.144. The molecular formula is C12H16O3. The summed E-state index contributed by atoms with van der Waals surface area (Å²) in [7, 11) is 0. The largest absolute Gasteiger partial charge is 0.481 e. The van der Waals surface area contributed by atoms with E-state index in [2.05, 4.69) is 0 Å². The predicted octanol–water partition coefficient (Wildman–Crippen LogP) is 2.08. The molecule has 3 nitrogen and oxygen atoms in total. The fourth-order valence-electron chi connectivity index (χ4n) is 1.45. The Labute approximate surface area is 89.4 Å². The number of benzene rings is 1. The number of aliphatic carboxylic acids is 1. The van der Waals surface area contributed by atoms with E-state index in [1.165, 1.54) is 0 Å². The Balaban J connectivity index is 2.77. The van der Waals surface area contributed by atoms with Crippen LogP contribution in [0.15, 0.2) is 30.3 Å². The molecule has 3 unspecified atom stereocenters. The average Bonchev–Trinajstić information content (AvgIpc) is 2.27. The smallest absolute Gasteiger partial charge is 0.306 e. The van der Waals surface area contributed by atoms with Gasteiger partial charge in [0.1, 0.15) is 0 Å². The van der Waals surface area contributed by atoms with E-state index in [0.29, 0.717) is 0 Å². The minimum absolute atomic E-state index is 0.301. The van der Waals surface area contributed by atoms with E-state index in [1.54, 1.807) is 26.0 Å². The number of aliphatic hydroxyl groups is 1. The van der Waals surface area contributed by atoms with Gasteiger partial charge in [0.05, 0.1) is 12.0 Å². The molecule has 0 aliphatic carbocycles. The third-order valence-corrected chi connectivity index (χ3v) is 2.82. The molecule has 0 saturated carbocycles. The van der Waals surface area contributed by atoms with E-state index < -0.39 is 18.0 Å². The van der Waals surface area contributed by atoms with Gasteiger partial charge < -0.3 is 10.2 Å². The first-order chi connectivity index (χ1) is 7.04. The first kappa shape index (κ1) is 11.7. The number of carboxylic acids is 1. The summed E-state index contributed by atoms with van der Waals surface area (Å²) in [6.07, 6.45) is -0.725. The molecule has 1 aromatic carbocycles. The molecule has 0 bridgehead atoms. The summed E-state index contributed by atoms with van der Waals surface area (Å²) in [5.74, 6) is -1.73. The Bertz CT molecular complexity index is 321. The fraction of sp³-hybridized carbons (Fsp3) is 0.417. The van der Waals surface area contributed by atoms with Crippen LogP contribution in [-0.4, -0.2) is 16.2 Å². The van der Waals surface area contributed by atoms with Gasteiger partial charge >= 0.3 is 5.97 Å². The SMILES string of the molecule is CC(C(=O)O)C(C)C(O)c1ccccc1. The third kappa shape index (κ3) is 2.80. The molecule has 0 aliphatic rings. The Hall–Kier alpha value is -1.35. The molecule has 0 aromatic heterocycles. The zero-order chi connectivity index (χ0) is 11.4. The molecule has 0 fully saturated rings. The van der Waals surface area contributed by atoms with Crippen molar-refractivity contribution in [2.24, 2.45) is 11.8 Å². The monoisotopic (exact) mass is 208 g/mol. The molecule has 0 saturated heterocycles.